The van der Waals surface area contributed by atoms with Gasteiger partial charge in [-0.25, -0.2) is 0 Å². The standard InChI is InChI=1S/C23H28N2O2/c1-17(2)15-21(19-7-4-3-5-8-19)24-22(26)16-18-10-12-20(13-11-18)25-14-6-9-23(25)27/h3-5,7-8,10-13,17,21H,6,9,14-16H2,1-2H3,(H,24,26)/t21-/m1/s1. The number of anilines is 1. The monoisotopic (exact) mass is 364 g/mol. The molecule has 1 heterocycles. The molecule has 1 aliphatic heterocycles. The van der Waals surface area contributed by atoms with Crippen molar-refractivity contribution in [3.05, 3.63) is 65.7 Å². The molecule has 2 aromatic carbocycles. The Labute approximate surface area is 161 Å². The van der Waals surface area contributed by atoms with Gasteiger partial charge in [-0.15, -0.1) is 0 Å². The molecule has 1 aliphatic rings. The van der Waals surface area contributed by atoms with Crippen LogP contribution in [0.5, 0.6) is 0 Å². The summed E-state index contributed by atoms with van der Waals surface area (Å²) in [5.41, 5.74) is 3.02. The van der Waals surface area contributed by atoms with Gasteiger partial charge in [0.25, 0.3) is 0 Å². The highest BCUT2D eigenvalue weighted by Gasteiger charge is 2.21. The van der Waals surface area contributed by atoms with Crippen molar-refractivity contribution in [1.82, 2.24) is 5.32 Å². The van der Waals surface area contributed by atoms with E-state index in [0.717, 1.165) is 36.2 Å². The fraction of sp³-hybridized carbons (Fsp3) is 0.391. The van der Waals surface area contributed by atoms with Crippen LogP contribution in [0.25, 0.3) is 0 Å². The van der Waals surface area contributed by atoms with Crippen LogP contribution >= 0.6 is 0 Å². The summed E-state index contributed by atoms with van der Waals surface area (Å²) >= 11 is 0. The predicted octanol–water partition coefficient (Wildman–Crippen LogP) is 4.26. The summed E-state index contributed by atoms with van der Waals surface area (Å²) in [5.74, 6) is 0.696. The molecule has 1 N–H and O–H groups in total. The molecular weight excluding hydrogens is 336 g/mol. The molecule has 0 saturated carbocycles. The van der Waals surface area contributed by atoms with Crippen molar-refractivity contribution in [2.75, 3.05) is 11.4 Å². The van der Waals surface area contributed by atoms with E-state index >= 15 is 0 Å². The van der Waals surface area contributed by atoms with Crippen molar-refractivity contribution in [3.63, 3.8) is 0 Å². The number of nitrogens with one attached hydrogen (secondary N) is 1. The van der Waals surface area contributed by atoms with Crippen molar-refractivity contribution in [2.45, 2.75) is 45.6 Å². The molecule has 1 atom stereocenters. The summed E-state index contributed by atoms with van der Waals surface area (Å²) in [6, 6.07) is 17.9. The second-order valence-corrected chi connectivity index (χ2v) is 7.65. The molecule has 0 aliphatic carbocycles. The third-order valence-electron chi connectivity index (χ3n) is 4.93. The Morgan fingerprint density at radius 3 is 2.37 bits per heavy atom. The lowest BCUT2D eigenvalue weighted by molar-refractivity contribution is -0.121. The minimum absolute atomic E-state index is 0.0227. The quantitative estimate of drug-likeness (QED) is 0.798. The molecule has 2 aromatic rings. The number of hydrogen-bond donors (Lipinski definition) is 1. The summed E-state index contributed by atoms with van der Waals surface area (Å²) in [7, 11) is 0. The molecule has 0 spiro atoms. The largest absolute Gasteiger partial charge is 0.349 e. The van der Waals surface area contributed by atoms with Gasteiger partial charge in [0.1, 0.15) is 0 Å². The van der Waals surface area contributed by atoms with E-state index in [1.54, 1.807) is 0 Å². The Hall–Kier alpha value is -2.62. The summed E-state index contributed by atoms with van der Waals surface area (Å²) in [6.07, 6.45) is 2.79. The van der Waals surface area contributed by atoms with Crippen molar-refractivity contribution in [1.29, 1.82) is 0 Å². The van der Waals surface area contributed by atoms with Gasteiger partial charge in [-0.05, 0) is 42.0 Å². The number of carbonyl (C=O) groups is 2. The zero-order valence-electron chi connectivity index (χ0n) is 16.2. The van der Waals surface area contributed by atoms with Gasteiger partial charge >= 0.3 is 0 Å². The molecule has 0 aromatic heterocycles. The van der Waals surface area contributed by atoms with E-state index in [2.05, 4.69) is 31.3 Å². The molecule has 0 bridgehead atoms. The van der Waals surface area contributed by atoms with E-state index in [-0.39, 0.29) is 17.9 Å². The molecule has 0 unspecified atom stereocenters. The van der Waals surface area contributed by atoms with E-state index in [0.29, 0.717) is 18.8 Å². The van der Waals surface area contributed by atoms with E-state index in [4.69, 9.17) is 0 Å². The maximum Gasteiger partial charge on any atom is 0.227 e. The first-order valence-corrected chi connectivity index (χ1v) is 9.76. The smallest absolute Gasteiger partial charge is 0.227 e. The Bertz CT molecular complexity index is 769. The minimum Gasteiger partial charge on any atom is -0.349 e. The van der Waals surface area contributed by atoms with E-state index in [1.807, 2.05) is 47.4 Å². The average molecular weight is 364 g/mol. The van der Waals surface area contributed by atoms with E-state index in [9.17, 15) is 9.59 Å². The van der Waals surface area contributed by atoms with Crippen molar-refractivity contribution < 1.29 is 9.59 Å². The summed E-state index contributed by atoms with van der Waals surface area (Å²) in [5, 5.41) is 3.19. The third kappa shape index (κ3) is 5.19. The molecule has 0 radical (unpaired) electrons. The van der Waals surface area contributed by atoms with Crippen LogP contribution in [0, 0.1) is 5.92 Å². The van der Waals surface area contributed by atoms with Gasteiger partial charge < -0.3 is 10.2 Å². The van der Waals surface area contributed by atoms with Crippen molar-refractivity contribution >= 4 is 17.5 Å². The van der Waals surface area contributed by atoms with Crippen LogP contribution in [-0.4, -0.2) is 18.4 Å². The Balaban J connectivity index is 1.62. The first-order valence-electron chi connectivity index (χ1n) is 9.76. The second-order valence-electron chi connectivity index (χ2n) is 7.65. The van der Waals surface area contributed by atoms with Crippen LogP contribution in [0.1, 0.15) is 50.3 Å². The highest BCUT2D eigenvalue weighted by atomic mass is 16.2. The molecule has 2 amide bonds. The predicted molar refractivity (Wildman–Crippen MR) is 109 cm³/mol. The Kier molecular flexibility index (Phi) is 6.28. The van der Waals surface area contributed by atoms with Crippen molar-refractivity contribution in [3.8, 4) is 0 Å². The molecule has 4 heteroatoms. The zero-order chi connectivity index (χ0) is 19.2. The van der Waals surface area contributed by atoms with Gasteiger partial charge in [0.15, 0.2) is 0 Å². The van der Waals surface area contributed by atoms with Crippen molar-refractivity contribution in [2.24, 2.45) is 5.92 Å². The molecule has 3 rings (SSSR count). The number of carbonyl (C=O) groups excluding carboxylic acids is 2. The molecule has 1 saturated heterocycles. The normalized spacial score (nSPS) is 15.2. The lowest BCUT2D eigenvalue weighted by Gasteiger charge is -2.21. The van der Waals surface area contributed by atoms with Gasteiger partial charge in [-0.3, -0.25) is 9.59 Å². The van der Waals surface area contributed by atoms with Gasteiger partial charge in [0, 0.05) is 18.7 Å². The van der Waals surface area contributed by atoms with Gasteiger partial charge in [-0.2, -0.15) is 0 Å². The highest BCUT2D eigenvalue weighted by Crippen LogP contribution is 2.23. The zero-order valence-corrected chi connectivity index (χ0v) is 16.2. The molecule has 27 heavy (non-hydrogen) atoms. The lowest BCUT2D eigenvalue weighted by atomic mass is 9.96. The van der Waals surface area contributed by atoms with Crippen LogP contribution in [0.15, 0.2) is 54.6 Å². The highest BCUT2D eigenvalue weighted by molar-refractivity contribution is 5.95. The van der Waals surface area contributed by atoms with Crippen LogP contribution in [0.2, 0.25) is 0 Å². The number of amides is 2. The fourth-order valence-corrected chi connectivity index (χ4v) is 3.58. The summed E-state index contributed by atoms with van der Waals surface area (Å²) in [6.45, 7) is 5.12. The van der Waals surface area contributed by atoms with E-state index < -0.39 is 0 Å². The van der Waals surface area contributed by atoms with E-state index in [1.165, 1.54) is 0 Å². The minimum atomic E-state index is 0.0227. The SMILES string of the molecule is CC(C)C[C@@H](NC(=O)Cc1ccc(N2CCCC2=O)cc1)c1ccccc1. The molecular formula is C23H28N2O2. The first-order chi connectivity index (χ1) is 13.0. The molecule has 4 nitrogen and oxygen atoms in total. The van der Waals surface area contributed by atoms with Gasteiger partial charge in [0.2, 0.25) is 11.8 Å². The number of hydrogen-bond acceptors (Lipinski definition) is 2. The third-order valence-corrected chi connectivity index (χ3v) is 4.93. The topological polar surface area (TPSA) is 49.4 Å². The van der Waals surface area contributed by atoms with Crippen LogP contribution < -0.4 is 10.2 Å². The van der Waals surface area contributed by atoms with Gasteiger partial charge in [-0.1, -0.05) is 56.3 Å². The summed E-state index contributed by atoms with van der Waals surface area (Å²) < 4.78 is 0. The lowest BCUT2D eigenvalue weighted by Crippen LogP contribution is -2.30. The van der Waals surface area contributed by atoms with Crippen LogP contribution in [-0.2, 0) is 16.0 Å². The Morgan fingerprint density at radius 2 is 1.78 bits per heavy atom. The molecule has 1 fully saturated rings. The molecule has 142 valence electrons. The number of benzene rings is 2. The maximum atomic E-state index is 12.6. The Morgan fingerprint density at radius 1 is 1.07 bits per heavy atom. The van der Waals surface area contributed by atoms with Gasteiger partial charge in [0.05, 0.1) is 12.5 Å². The fourth-order valence-electron chi connectivity index (χ4n) is 3.58. The second kappa shape index (κ2) is 8.85. The maximum absolute atomic E-state index is 12.6. The first kappa shape index (κ1) is 19.2. The summed E-state index contributed by atoms with van der Waals surface area (Å²) in [4.78, 5) is 26.3. The van der Waals surface area contributed by atoms with Crippen LogP contribution in [0.3, 0.4) is 0 Å². The average Bonchev–Trinajstić information content (AvgIpc) is 3.08. The number of nitrogens with zero attached hydrogens (tertiary/aromatic N) is 1. The number of rotatable bonds is 7. The van der Waals surface area contributed by atoms with Crippen LogP contribution in [0.4, 0.5) is 5.69 Å².